The molecule has 0 aromatic heterocycles. The highest BCUT2D eigenvalue weighted by Crippen LogP contribution is 2.33. The lowest BCUT2D eigenvalue weighted by molar-refractivity contribution is -0.124. The van der Waals surface area contributed by atoms with Crippen LogP contribution in [0.25, 0.3) is 6.08 Å². The minimum atomic E-state index is -0.296. The quantitative estimate of drug-likeness (QED) is 0.0689. The summed E-state index contributed by atoms with van der Waals surface area (Å²) in [5.41, 5.74) is 12.4. The summed E-state index contributed by atoms with van der Waals surface area (Å²) in [5, 5.41) is 26.2. The molecule has 3 rings (SSSR count). The zero-order chi connectivity index (χ0) is 33.3. The Morgan fingerprint density at radius 2 is 1.85 bits per heavy atom. The van der Waals surface area contributed by atoms with E-state index in [2.05, 4.69) is 41.8 Å². The van der Waals surface area contributed by atoms with Crippen LogP contribution in [0.2, 0.25) is 0 Å². The van der Waals surface area contributed by atoms with Crippen LogP contribution in [0.15, 0.2) is 65.9 Å². The molecule has 0 radical (unpaired) electrons. The number of unbranched alkanes of at least 4 members (excludes halogenated alkanes) is 2. The number of benzene rings is 2. The van der Waals surface area contributed by atoms with Crippen LogP contribution in [0.5, 0.6) is 11.5 Å². The highest BCUT2D eigenvalue weighted by atomic mass is 16.5. The summed E-state index contributed by atoms with van der Waals surface area (Å²) >= 11 is 0. The second kappa shape index (κ2) is 19.7. The van der Waals surface area contributed by atoms with Crippen LogP contribution < -0.4 is 21.1 Å². The molecule has 0 bridgehead atoms. The highest BCUT2D eigenvalue weighted by Gasteiger charge is 2.17. The number of hydrogen-bond donors (Lipinski definition) is 5. The van der Waals surface area contributed by atoms with Crippen molar-refractivity contribution in [1.29, 1.82) is 0 Å². The number of phenols is 1. The first-order valence-electron chi connectivity index (χ1n) is 16.6. The fourth-order valence-corrected chi connectivity index (χ4v) is 5.84. The van der Waals surface area contributed by atoms with Crippen LogP contribution in [-0.2, 0) is 28.9 Å². The Balaban J connectivity index is 1.65. The van der Waals surface area contributed by atoms with Gasteiger partial charge in [0.1, 0.15) is 5.78 Å². The minimum absolute atomic E-state index is 0.0165. The second-order valence-electron chi connectivity index (χ2n) is 12.4. The Morgan fingerprint density at radius 3 is 2.59 bits per heavy atom. The average molecular weight is 632 g/mol. The van der Waals surface area contributed by atoms with Crippen LogP contribution >= 0.6 is 0 Å². The van der Waals surface area contributed by atoms with E-state index in [1.165, 1.54) is 24.3 Å². The summed E-state index contributed by atoms with van der Waals surface area (Å²) in [4.78, 5) is 25.2. The van der Waals surface area contributed by atoms with E-state index in [4.69, 9.17) is 10.5 Å². The molecule has 2 unspecified atom stereocenters. The molecule has 0 aliphatic carbocycles. The summed E-state index contributed by atoms with van der Waals surface area (Å²) in [6.45, 7) is 3.40. The number of carbonyl (C=O) groups excluding carboxylic acids is 2. The molecule has 1 heterocycles. The molecular weight excluding hydrogens is 578 g/mol. The third kappa shape index (κ3) is 12.6. The number of ether oxygens (including phenoxy) is 1. The number of rotatable bonds is 21. The van der Waals surface area contributed by atoms with Gasteiger partial charge in [0, 0.05) is 19.2 Å². The van der Waals surface area contributed by atoms with Gasteiger partial charge in [-0.05, 0) is 122 Å². The predicted octanol–water partition coefficient (Wildman–Crippen LogP) is 5.55. The van der Waals surface area contributed by atoms with E-state index >= 15 is 0 Å². The standard InChI is InChI=1S/C38H53N3O5/c1-27(25-40-2)9-5-4-6-13-34(43)24-35(44)17-16-30-22-37(46-3)36(45)21-32(30)20-33-26-41-38(39)23-31(33)15-14-29-11-7-10-28(19-29)12-8-18-42/h7,10-11,16-17,19,21-23,26-27,38,40-42,45H,4-6,8-9,12-15,18,20,24-25,39H2,1-3H3. The van der Waals surface area contributed by atoms with E-state index in [0.717, 1.165) is 80.2 Å². The molecule has 250 valence electrons. The predicted molar refractivity (Wildman–Crippen MR) is 186 cm³/mol. The molecular formula is C38H53N3O5. The molecule has 2 aromatic rings. The van der Waals surface area contributed by atoms with E-state index in [1.807, 2.05) is 19.3 Å². The number of aliphatic hydroxyl groups excluding tert-OH is 1. The molecule has 8 nitrogen and oxygen atoms in total. The Morgan fingerprint density at radius 1 is 1.07 bits per heavy atom. The van der Waals surface area contributed by atoms with Gasteiger partial charge in [0.2, 0.25) is 0 Å². The number of nitrogens with two attached hydrogens (primary N) is 1. The summed E-state index contributed by atoms with van der Waals surface area (Å²) < 4.78 is 5.36. The lowest BCUT2D eigenvalue weighted by Gasteiger charge is -2.22. The van der Waals surface area contributed by atoms with Gasteiger partial charge < -0.3 is 31.3 Å². The number of methoxy groups -OCH3 is 1. The first-order valence-corrected chi connectivity index (χ1v) is 16.6. The van der Waals surface area contributed by atoms with Gasteiger partial charge >= 0.3 is 0 Å². The third-order valence-electron chi connectivity index (χ3n) is 8.39. The fraction of sp³-hybridized carbons (Fsp3) is 0.474. The number of Topliss-reactive ketones (excluding diaryl/α,β-unsaturated/α-hetero) is 1. The number of aliphatic hydroxyl groups is 1. The molecule has 0 spiro atoms. The van der Waals surface area contributed by atoms with Gasteiger partial charge in [0.15, 0.2) is 17.3 Å². The number of aromatic hydroxyl groups is 1. The van der Waals surface area contributed by atoms with Gasteiger partial charge in [-0.25, -0.2) is 0 Å². The van der Waals surface area contributed by atoms with Gasteiger partial charge in [0.05, 0.1) is 19.7 Å². The molecule has 0 amide bonds. The summed E-state index contributed by atoms with van der Waals surface area (Å²) in [6, 6.07) is 11.8. The van der Waals surface area contributed by atoms with Crippen molar-refractivity contribution in [2.45, 2.75) is 83.7 Å². The van der Waals surface area contributed by atoms with Gasteiger partial charge in [-0.15, -0.1) is 0 Å². The number of nitrogens with one attached hydrogen (secondary N) is 2. The van der Waals surface area contributed by atoms with Crippen LogP contribution in [0.1, 0.15) is 80.5 Å². The first kappa shape index (κ1) is 36.7. The summed E-state index contributed by atoms with van der Waals surface area (Å²) in [5.74, 6) is 0.669. The van der Waals surface area contributed by atoms with E-state index in [0.29, 0.717) is 24.5 Å². The number of allylic oxidation sites excluding steroid dienone is 3. The first-order chi connectivity index (χ1) is 22.2. The zero-order valence-corrected chi connectivity index (χ0v) is 27.8. The van der Waals surface area contributed by atoms with Crippen molar-refractivity contribution >= 4 is 17.6 Å². The van der Waals surface area contributed by atoms with Crippen molar-refractivity contribution in [3.63, 3.8) is 0 Å². The van der Waals surface area contributed by atoms with Crippen LogP contribution in [-0.4, -0.2) is 55.3 Å². The van der Waals surface area contributed by atoms with Gasteiger partial charge in [-0.1, -0.05) is 50.1 Å². The maximum Gasteiger partial charge on any atom is 0.163 e. The lowest BCUT2D eigenvalue weighted by Crippen LogP contribution is -2.35. The summed E-state index contributed by atoms with van der Waals surface area (Å²) in [6.07, 6.45) is 14.9. The molecule has 46 heavy (non-hydrogen) atoms. The van der Waals surface area contributed by atoms with Crippen molar-refractivity contribution in [2.24, 2.45) is 11.7 Å². The average Bonchev–Trinajstić information content (AvgIpc) is 3.03. The molecule has 0 saturated carbocycles. The molecule has 0 fully saturated rings. The molecule has 0 saturated heterocycles. The van der Waals surface area contributed by atoms with E-state index in [1.54, 1.807) is 18.2 Å². The normalized spacial score (nSPS) is 15.3. The zero-order valence-electron chi connectivity index (χ0n) is 27.8. The Bertz CT molecular complexity index is 1380. The van der Waals surface area contributed by atoms with Crippen LogP contribution in [0.3, 0.4) is 0 Å². The maximum atomic E-state index is 12.7. The second-order valence-corrected chi connectivity index (χ2v) is 12.4. The molecule has 6 N–H and O–H groups in total. The van der Waals surface area contributed by atoms with Crippen molar-refractivity contribution in [1.82, 2.24) is 10.6 Å². The lowest BCUT2D eigenvalue weighted by atomic mass is 9.89. The Hall–Kier alpha value is -3.72. The maximum absolute atomic E-state index is 12.7. The molecule has 1 aliphatic rings. The minimum Gasteiger partial charge on any atom is -0.504 e. The van der Waals surface area contributed by atoms with E-state index < -0.39 is 0 Å². The van der Waals surface area contributed by atoms with Crippen molar-refractivity contribution < 1.29 is 24.5 Å². The number of aryl methyl sites for hydroxylation is 2. The van der Waals surface area contributed by atoms with Gasteiger partial charge in [0.25, 0.3) is 0 Å². The SMILES string of the molecule is CNCC(C)CCCCCC(=O)CC(=O)C=Cc1cc(OC)c(O)cc1CC1=CNC(N)C=C1CCc1cccc(CCCO)c1. The van der Waals surface area contributed by atoms with E-state index in [9.17, 15) is 19.8 Å². The Labute approximate surface area is 274 Å². The number of carbonyl (C=O) groups is 2. The fourth-order valence-electron chi connectivity index (χ4n) is 5.84. The van der Waals surface area contributed by atoms with Crippen LogP contribution in [0, 0.1) is 5.92 Å². The van der Waals surface area contributed by atoms with Crippen LogP contribution in [0.4, 0.5) is 0 Å². The van der Waals surface area contributed by atoms with Crippen molar-refractivity contribution in [3.8, 4) is 11.5 Å². The van der Waals surface area contributed by atoms with Crippen molar-refractivity contribution in [3.05, 3.63) is 88.2 Å². The monoisotopic (exact) mass is 631 g/mol. The topological polar surface area (TPSA) is 134 Å². The largest absolute Gasteiger partial charge is 0.504 e. The van der Waals surface area contributed by atoms with Crippen molar-refractivity contribution in [2.75, 3.05) is 27.3 Å². The molecule has 2 atom stereocenters. The smallest absolute Gasteiger partial charge is 0.163 e. The number of phenolic OH excluding ortho intramolecular Hbond substituents is 1. The van der Waals surface area contributed by atoms with Gasteiger partial charge in [-0.3, -0.25) is 9.59 Å². The van der Waals surface area contributed by atoms with E-state index in [-0.39, 0.29) is 36.5 Å². The van der Waals surface area contributed by atoms with Gasteiger partial charge in [-0.2, -0.15) is 0 Å². The number of ketones is 2. The molecule has 8 heteroatoms. The number of dihydropyridines is 1. The summed E-state index contributed by atoms with van der Waals surface area (Å²) in [7, 11) is 3.45. The number of hydrogen-bond acceptors (Lipinski definition) is 8. The third-order valence-corrected chi connectivity index (χ3v) is 8.39. The Kier molecular flexibility index (Phi) is 15.8. The highest BCUT2D eigenvalue weighted by molar-refractivity contribution is 6.06. The molecule has 2 aromatic carbocycles. The molecule has 1 aliphatic heterocycles.